The summed E-state index contributed by atoms with van der Waals surface area (Å²) in [5.74, 6) is 0. The van der Waals surface area contributed by atoms with Gasteiger partial charge in [0.05, 0.1) is 6.04 Å². The molecule has 1 aromatic heterocycles. The number of halogens is 6. The zero-order valence-corrected chi connectivity index (χ0v) is 9.86. The first kappa shape index (κ1) is 16.2. The molecular weight excluding hydrogens is 271 g/mol. The Kier molecular flexibility index (Phi) is 4.24. The average Bonchev–Trinajstić information content (AvgIpc) is 2.49. The number of nitrogens with two attached hydrogens (primary N) is 1. The molecule has 0 saturated carbocycles. The van der Waals surface area contributed by atoms with Crippen molar-refractivity contribution in [1.82, 2.24) is 4.98 Å². The van der Waals surface area contributed by atoms with E-state index in [-0.39, 0.29) is 0 Å². The third-order valence-electron chi connectivity index (χ3n) is 1.66. The van der Waals surface area contributed by atoms with Crippen molar-refractivity contribution in [1.29, 1.82) is 0 Å². The molecule has 1 aromatic rings. The molecule has 1 rings (SSSR count). The summed E-state index contributed by atoms with van der Waals surface area (Å²) in [5.41, 5.74) is 5.41. The summed E-state index contributed by atoms with van der Waals surface area (Å²) in [6.07, 6.45) is 6.90. The molecule has 0 aliphatic heterocycles. The SMILES string of the molecule is CC(CCN)[n+]1cc[nH]c1.F[P-](F)(F)(F)(F)F. The number of aromatic amines is 1. The summed E-state index contributed by atoms with van der Waals surface area (Å²) in [6, 6.07) is 0.510. The van der Waals surface area contributed by atoms with Crippen LogP contribution < -0.4 is 10.3 Å². The zero-order valence-electron chi connectivity index (χ0n) is 8.96. The Bertz CT molecular complexity index is 319. The molecule has 3 N–H and O–H groups in total. The summed E-state index contributed by atoms with van der Waals surface area (Å²) < 4.78 is 61.3. The van der Waals surface area contributed by atoms with Crippen LogP contribution in [-0.4, -0.2) is 11.5 Å². The molecule has 0 aliphatic carbocycles. The number of hydrogen-bond donors (Lipinski definition) is 2. The van der Waals surface area contributed by atoms with Gasteiger partial charge in [-0.2, -0.15) is 0 Å². The van der Waals surface area contributed by atoms with Gasteiger partial charge in [-0.3, -0.25) is 4.98 Å². The van der Waals surface area contributed by atoms with Crippen LogP contribution in [0, 0.1) is 0 Å². The monoisotopic (exact) mass is 285 g/mol. The fourth-order valence-electron chi connectivity index (χ4n) is 0.966. The van der Waals surface area contributed by atoms with E-state index in [9.17, 15) is 25.2 Å². The Hall–Kier alpha value is -0.820. The molecule has 0 spiro atoms. The van der Waals surface area contributed by atoms with Gasteiger partial charge < -0.3 is 5.73 Å². The topological polar surface area (TPSA) is 45.7 Å². The van der Waals surface area contributed by atoms with Gasteiger partial charge in [-0.25, -0.2) is 4.57 Å². The molecule has 0 amide bonds. The van der Waals surface area contributed by atoms with Gasteiger partial charge in [-0.1, -0.05) is 0 Å². The van der Waals surface area contributed by atoms with Crippen LogP contribution in [-0.2, 0) is 0 Å². The van der Waals surface area contributed by atoms with Gasteiger partial charge in [0.1, 0.15) is 12.4 Å². The molecule has 0 aliphatic rings. The Morgan fingerprint density at radius 1 is 1.24 bits per heavy atom. The summed E-state index contributed by atoms with van der Waals surface area (Å²) in [5, 5.41) is 0. The molecule has 0 radical (unpaired) electrons. The quantitative estimate of drug-likeness (QED) is 0.497. The van der Waals surface area contributed by atoms with Crippen LogP contribution in [0.3, 0.4) is 0 Å². The number of H-pyrrole nitrogens is 1. The van der Waals surface area contributed by atoms with Crippen LogP contribution in [0.25, 0.3) is 0 Å². The fraction of sp³-hybridized carbons (Fsp3) is 0.571. The van der Waals surface area contributed by atoms with Crippen LogP contribution in [0.1, 0.15) is 19.4 Å². The normalized spacial score (nSPS) is 17.4. The first-order chi connectivity index (χ1) is 7.29. The molecule has 1 unspecified atom stereocenters. The van der Waals surface area contributed by atoms with Gasteiger partial charge in [0.2, 0.25) is 6.33 Å². The van der Waals surface area contributed by atoms with Crippen molar-refractivity contribution in [2.45, 2.75) is 19.4 Å². The molecule has 1 heterocycles. The summed E-state index contributed by atoms with van der Waals surface area (Å²) in [4.78, 5) is 2.99. The van der Waals surface area contributed by atoms with E-state index in [4.69, 9.17) is 5.73 Å². The van der Waals surface area contributed by atoms with E-state index in [1.807, 2.05) is 18.7 Å². The molecule has 3 nitrogen and oxygen atoms in total. The summed E-state index contributed by atoms with van der Waals surface area (Å²) in [7, 11) is -10.7. The van der Waals surface area contributed by atoms with E-state index in [1.165, 1.54) is 0 Å². The molecule has 10 heteroatoms. The number of nitrogens with zero attached hydrogens (tertiary/aromatic N) is 1. The van der Waals surface area contributed by atoms with Crippen molar-refractivity contribution < 1.29 is 29.7 Å². The molecule has 1 atom stereocenters. The Morgan fingerprint density at radius 2 is 1.71 bits per heavy atom. The van der Waals surface area contributed by atoms with Crippen molar-refractivity contribution in [2.75, 3.05) is 6.54 Å². The molecule has 0 fully saturated rings. The molecule has 0 bridgehead atoms. The Morgan fingerprint density at radius 3 is 2.00 bits per heavy atom. The van der Waals surface area contributed by atoms with Crippen LogP contribution in [0.4, 0.5) is 25.2 Å². The first-order valence-corrected chi connectivity index (χ1v) is 6.62. The minimum atomic E-state index is -10.7. The molecule has 104 valence electrons. The number of imidazole rings is 1. The van der Waals surface area contributed by atoms with E-state index in [2.05, 4.69) is 16.5 Å². The third kappa shape index (κ3) is 15.2. The van der Waals surface area contributed by atoms with Crippen molar-refractivity contribution in [3.8, 4) is 0 Å². The van der Waals surface area contributed by atoms with Crippen LogP contribution in [0.2, 0.25) is 0 Å². The molecule has 0 aromatic carbocycles. The Balaban J connectivity index is 0.000000325. The van der Waals surface area contributed by atoms with E-state index in [0.29, 0.717) is 6.04 Å². The van der Waals surface area contributed by atoms with Gasteiger partial charge in [-0.15, -0.1) is 0 Å². The van der Waals surface area contributed by atoms with E-state index in [0.717, 1.165) is 13.0 Å². The molecular formula is C7H14F6N3P. The minimum absolute atomic E-state index is 0.510. The third-order valence-corrected chi connectivity index (χ3v) is 1.66. The molecule has 0 saturated heterocycles. The van der Waals surface area contributed by atoms with Gasteiger partial charge in [0, 0.05) is 6.42 Å². The van der Waals surface area contributed by atoms with Crippen molar-refractivity contribution in [2.24, 2.45) is 5.73 Å². The van der Waals surface area contributed by atoms with Gasteiger partial charge in [-0.05, 0) is 13.5 Å². The average molecular weight is 285 g/mol. The number of nitrogens with one attached hydrogen (secondary N) is 1. The van der Waals surface area contributed by atoms with E-state index < -0.39 is 7.81 Å². The maximum atomic E-state index is 9.87. The predicted octanol–water partition coefficient (Wildman–Crippen LogP) is 3.59. The van der Waals surface area contributed by atoms with Gasteiger partial charge >= 0.3 is 33.0 Å². The molecule has 17 heavy (non-hydrogen) atoms. The predicted molar refractivity (Wildman–Crippen MR) is 52.9 cm³/mol. The first-order valence-electron chi connectivity index (χ1n) is 4.59. The van der Waals surface area contributed by atoms with Crippen LogP contribution >= 0.6 is 7.81 Å². The second kappa shape index (κ2) is 4.45. The van der Waals surface area contributed by atoms with Gasteiger partial charge in [0.15, 0.2) is 0 Å². The fourth-order valence-corrected chi connectivity index (χ4v) is 0.966. The van der Waals surface area contributed by atoms with Crippen molar-refractivity contribution >= 4 is 7.81 Å². The van der Waals surface area contributed by atoms with Crippen molar-refractivity contribution in [3.05, 3.63) is 18.7 Å². The Labute approximate surface area is 93.9 Å². The van der Waals surface area contributed by atoms with Crippen LogP contribution in [0.15, 0.2) is 18.7 Å². The van der Waals surface area contributed by atoms with Gasteiger partial charge in [0.25, 0.3) is 0 Å². The van der Waals surface area contributed by atoms with Crippen LogP contribution in [0.5, 0.6) is 0 Å². The zero-order chi connectivity index (χ0) is 13.8. The van der Waals surface area contributed by atoms with Crippen molar-refractivity contribution in [3.63, 3.8) is 0 Å². The second-order valence-corrected chi connectivity index (χ2v) is 5.36. The number of hydrogen-bond acceptors (Lipinski definition) is 1. The summed E-state index contributed by atoms with van der Waals surface area (Å²) >= 11 is 0. The number of aromatic nitrogens is 2. The van der Waals surface area contributed by atoms with E-state index in [1.54, 1.807) is 0 Å². The maximum absolute atomic E-state index is 10.7. The second-order valence-electron chi connectivity index (χ2n) is 3.44. The van der Waals surface area contributed by atoms with E-state index >= 15 is 0 Å². The standard InChI is InChI=1S/C7H13N3.F6P/c1-7(2-3-8)10-5-4-9-6-10;1-7(2,3,4,5)6/h4-7H,2-3,8H2,1H3;/q;-1/p+1. The summed E-state index contributed by atoms with van der Waals surface area (Å²) in [6.45, 7) is 2.90. The number of rotatable bonds is 3.